The summed E-state index contributed by atoms with van der Waals surface area (Å²) in [6, 6.07) is 10.9. The van der Waals surface area contributed by atoms with Gasteiger partial charge in [-0.1, -0.05) is 6.07 Å². The van der Waals surface area contributed by atoms with Gasteiger partial charge in [0.15, 0.2) is 0 Å². The summed E-state index contributed by atoms with van der Waals surface area (Å²) < 4.78 is 0. The molecule has 1 fully saturated rings. The van der Waals surface area contributed by atoms with Crippen LogP contribution in [0.4, 0.5) is 5.69 Å². The van der Waals surface area contributed by atoms with Gasteiger partial charge in [0.1, 0.15) is 0 Å². The van der Waals surface area contributed by atoms with E-state index in [1.54, 1.807) is 30.3 Å². The zero-order valence-corrected chi connectivity index (χ0v) is 15.0. The van der Waals surface area contributed by atoms with Crippen molar-refractivity contribution in [2.45, 2.75) is 13.0 Å². The molecule has 7 heteroatoms. The average molecular weight is 366 g/mol. The molecule has 1 aliphatic heterocycles. The molecule has 0 bridgehead atoms. The number of rotatable bonds is 3. The largest absolute Gasteiger partial charge is 0.333 e. The molecule has 1 aromatic carbocycles. The van der Waals surface area contributed by atoms with Crippen molar-refractivity contribution in [2.75, 3.05) is 25.0 Å². The van der Waals surface area contributed by atoms with Crippen LogP contribution in [0.25, 0.3) is 0 Å². The molecular formula is C17H20ClN3O2S. The van der Waals surface area contributed by atoms with Gasteiger partial charge in [-0.3, -0.25) is 9.59 Å². The molecule has 2 N–H and O–H groups in total. The molecule has 24 heavy (non-hydrogen) atoms. The Kier molecular flexibility index (Phi) is 6.36. The van der Waals surface area contributed by atoms with Gasteiger partial charge >= 0.3 is 0 Å². The van der Waals surface area contributed by atoms with E-state index in [0.29, 0.717) is 16.1 Å². The maximum atomic E-state index is 12.5. The Hall–Kier alpha value is -1.89. The number of nitrogens with zero attached hydrogens (tertiary/aromatic N) is 1. The summed E-state index contributed by atoms with van der Waals surface area (Å²) in [7, 11) is 0. The Morgan fingerprint density at radius 2 is 2.00 bits per heavy atom. The maximum Gasteiger partial charge on any atom is 0.265 e. The predicted octanol–water partition coefficient (Wildman–Crippen LogP) is 2.86. The van der Waals surface area contributed by atoms with Crippen LogP contribution in [0.2, 0.25) is 0 Å². The van der Waals surface area contributed by atoms with Crippen molar-refractivity contribution in [1.82, 2.24) is 10.2 Å². The number of benzene rings is 1. The summed E-state index contributed by atoms with van der Waals surface area (Å²) in [5, 5.41) is 7.98. The summed E-state index contributed by atoms with van der Waals surface area (Å²) in [5.41, 5.74) is 1.33. The first-order valence-corrected chi connectivity index (χ1v) is 8.50. The number of halogens is 1. The standard InChI is InChI=1S/C17H19N3O2S.ClH/c1-12-11-18-8-9-20(12)17(22)13-4-6-14(7-5-13)19-16(21)15-3-2-10-23-15;/h2-7,10,12,18H,8-9,11H2,1H3,(H,19,21);1H/t12-;/m1./s1. The molecule has 0 spiro atoms. The van der Waals surface area contributed by atoms with Gasteiger partial charge in [0.25, 0.3) is 11.8 Å². The summed E-state index contributed by atoms with van der Waals surface area (Å²) in [4.78, 5) is 27.1. The zero-order chi connectivity index (χ0) is 16.2. The molecule has 0 radical (unpaired) electrons. The minimum absolute atomic E-state index is 0. The molecule has 1 aliphatic rings. The minimum Gasteiger partial charge on any atom is -0.333 e. The van der Waals surface area contributed by atoms with Crippen LogP contribution < -0.4 is 10.6 Å². The van der Waals surface area contributed by atoms with Crippen LogP contribution >= 0.6 is 23.7 Å². The van der Waals surface area contributed by atoms with E-state index >= 15 is 0 Å². The van der Waals surface area contributed by atoms with Crippen molar-refractivity contribution in [3.05, 3.63) is 52.2 Å². The van der Waals surface area contributed by atoms with E-state index in [4.69, 9.17) is 0 Å². The number of nitrogens with one attached hydrogen (secondary N) is 2. The van der Waals surface area contributed by atoms with Gasteiger partial charge < -0.3 is 15.5 Å². The summed E-state index contributed by atoms with van der Waals surface area (Å²) in [6.45, 7) is 4.41. The Morgan fingerprint density at radius 1 is 1.25 bits per heavy atom. The van der Waals surface area contributed by atoms with E-state index < -0.39 is 0 Å². The van der Waals surface area contributed by atoms with E-state index in [1.165, 1.54) is 11.3 Å². The zero-order valence-electron chi connectivity index (χ0n) is 13.3. The van der Waals surface area contributed by atoms with Crippen LogP contribution in [0.15, 0.2) is 41.8 Å². The molecule has 0 saturated carbocycles. The monoisotopic (exact) mass is 365 g/mol. The predicted molar refractivity (Wildman–Crippen MR) is 99.3 cm³/mol. The molecule has 1 atom stereocenters. The molecule has 128 valence electrons. The van der Waals surface area contributed by atoms with E-state index in [-0.39, 0.29) is 30.3 Å². The highest BCUT2D eigenvalue weighted by molar-refractivity contribution is 7.12. The number of piperazine rings is 1. The number of hydrogen-bond acceptors (Lipinski definition) is 4. The first-order valence-electron chi connectivity index (χ1n) is 7.62. The van der Waals surface area contributed by atoms with Gasteiger partial charge in [-0.05, 0) is 42.6 Å². The lowest BCUT2D eigenvalue weighted by molar-refractivity contribution is 0.0655. The van der Waals surface area contributed by atoms with E-state index in [0.717, 1.165) is 19.6 Å². The molecule has 0 unspecified atom stereocenters. The molecule has 2 aromatic rings. The van der Waals surface area contributed by atoms with Crippen molar-refractivity contribution in [3.8, 4) is 0 Å². The highest BCUT2D eigenvalue weighted by Gasteiger charge is 2.23. The molecule has 5 nitrogen and oxygen atoms in total. The second-order valence-electron chi connectivity index (χ2n) is 5.56. The molecule has 0 aliphatic carbocycles. The van der Waals surface area contributed by atoms with E-state index in [1.807, 2.05) is 23.3 Å². The Bertz CT molecular complexity index is 688. The normalized spacial score (nSPS) is 17.0. The van der Waals surface area contributed by atoms with Crippen LogP contribution in [-0.2, 0) is 0 Å². The van der Waals surface area contributed by atoms with Crippen LogP contribution in [-0.4, -0.2) is 42.4 Å². The first kappa shape index (κ1) is 18.4. The van der Waals surface area contributed by atoms with Crippen molar-refractivity contribution < 1.29 is 9.59 Å². The maximum absolute atomic E-state index is 12.5. The Balaban J connectivity index is 0.00000208. The Labute approximate surface area is 151 Å². The second kappa shape index (κ2) is 8.28. The quantitative estimate of drug-likeness (QED) is 0.879. The molecule has 3 rings (SSSR count). The fraction of sp³-hybridized carbons (Fsp3) is 0.294. The van der Waals surface area contributed by atoms with Crippen molar-refractivity contribution in [3.63, 3.8) is 0 Å². The van der Waals surface area contributed by atoms with E-state index in [2.05, 4.69) is 10.6 Å². The molecule has 2 heterocycles. The highest BCUT2D eigenvalue weighted by Crippen LogP contribution is 2.16. The van der Waals surface area contributed by atoms with Gasteiger partial charge in [0, 0.05) is 36.9 Å². The Morgan fingerprint density at radius 3 is 2.62 bits per heavy atom. The van der Waals surface area contributed by atoms with Gasteiger partial charge in [0.05, 0.1) is 4.88 Å². The number of carbonyl (C=O) groups is 2. The third-order valence-electron chi connectivity index (χ3n) is 3.90. The van der Waals surface area contributed by atoms with Crippen LogP contribution in [0.1, 0.15) is 27.0 Å². The number of carbonyl (C=O) groups excluding carboxylic acids is 2. The van der Waals surface area contributed by atoms with Gasteiger partial charge in [0.2, 0.25) is 0 Å². The number of hydrogen-bond donors (Lipinski definition) is 2. The SMILES string of the molecule is C[C@@H]1CNCCN1C(=O)c1ccc(NC(=O)c2cccs2)cc1.Cl. The van der Waals surface area contributed by atoms with E-state index in [9.17, 15) is 9.59 Å². The third kappa shape index (κ3) is 4.14. The minimum atomic E-state index is -0.130. The highest BCUT2D eigenvalue weighted by atomic mass is 35.5. The van der Waals surface area contributed by atoms with Crippen LogP contribution in [0, 0.1) is 0 Å². The summed E-state index contributed by atoms with van der Waals surface area (Å²) in [6.07, 6.45) is 0. The fourth-order valence-electron chi connectivity index (χ4n) is 2.61. The van der Waals surface area contributed by atoms with Crippen molar-refractivity contribution in [2.24, 2.45) is 0 Å². The van der Waals surface area contributed by atoms with Crippen LogP contribution in [0.5, 0.6) is 0 Å². The van der Waals surface area contributed by atoms with Crippen LogP contribution in [0.3, 0.4) is 0 Å². The lowest BCUT2D eigenvalue weighted by Crippen LogP contribution is -2.52. The smallest absolute Gasteiger partial charge is 0.265 e. The number of thiophene rings is 1. The van der Waals surface area contributed by atoms with Crippen molar-refractivity contribution >= 4 is 41.2 Å². The molecule has 1 aromatic heterocycles. The van der Waals surface area contributed by atoms with Gasteiger partial charge in [-0.15, -0.1) is 23.7 Å². The summed E-state index contributed by atoms with van der Waals surface area (Å²) in [5.74, 6) is -0.0927. The summed E-state index contributed by atoms with van der Waals surface area (Å²) >= 11 is 1.40. The number of amides is 2. The average Bonchev–Trinajstić information content (AvgIpc) is 3.10. The molecule has 2 amide bonds. The fourth-order valence-corrected chi connectivity index (χ4v) is 3.22. The molecular weight excluding hydrogens is 346 g/mol. The van der Waals surface area contributed by atoms with Crippen molar-refractivity contribution in [1.29, 1.82) is 0 Å². The van der Waals surface area contributed by atoms with Gasteiger partial charge in [-0.2, -0.15) is 0 Å². The lowest BCUT2D eigenvalue weighted by Gasteiger charge is -2.34. The number of anilines is 1. The second-order valence-corrected chi connectivity index (χ2v) is 6.51. The van der Waals surface area contributed by atoms with Gasteiger partial charge in [-0.25, -0.2) is 0 Å². The third-order valence-corrected chi connectivity index (χ3v) is 4.77. The lowest BCUT2D eigenvalue weighted by atomic mass is 10.1. The topological polar surface area (TPSA) is 61.4 Å². The first-order chi connectivity index (χ1) is 11.1. The molecule has 1 saturated heterocycles.